The third-order valence-electron chi connectivity index (χ3n) is 3.09. The van der Waals surface area contributed by atoms with Crippen molar-refractivity contribution in [3.05, 3.63) is 59.8 Å². The number of hydrogen-bond acceptors (Lipinski definition) is 3. The molecule has 3 aromatic rings. The number of nitrogens with one attached hydrogen (secondary N) is 2. The van der Waals surface area contributed by atoms with Crippen LogP contribution in [0.15, 0.2) is 48.7 Å². The fraction of sp³-hybridized carbons (Fsp3) is 0.0667. The number of carbonyl (C=O) groups excluding carboxylic acids is 1. The van der Waals surface area contributed by atoms with Gasteiger partial charge in [-0.3, -0.25) is 9.89 Å². The Balaban J connectivity index is 1.70. The van der Waals surface area contributed by atoms with Gasteiger partial charge < -0.3 is 10.4 Å². The first-order valence-electron chi connectivity index (χ1n) is 6.21. The maximum absolute atomic E-state index is 12.1. The maximum Gasteiger partial charge on any atom is 0.251 e. The van der Waals surface area contributed by atoms with E-state index >= 15 is 0 Å². The fourth-order valence-electron chi connectivity index (χ4n) is 1.98. The normalized spacial score (nSPS) is 10.6. The zero-order valence-electron chi connectivity index (χ0n) is 10.6. The molecular formula is C15H13N3O2. The van der Waals surface area contributed by atoms with Crippen molar-refractivity contribution < 1.29 is 9.90 Å². The van der Waals surface area contributed by atoms with Crippen LogP contribution in [0.5, 0.6) is 5.75 Å². The van der Waals surface area contributed by atoms with Gasteiger partial charge in [0.25, 0.3) is 5.91 Å². The van der Waals surface area contributed by atoms with Gasteiger partial charge in [0.2, 0.25) is 0 Å². The molecule has 2 aromatic carbocycles. The Bertz CT molecular complexity index is 747. The van der Waals surface area contributed by atoms with Crippen LogP contribution in [0.25, 0.3) is 10.9 Å². The lowest BCUT2D eigenvalue weighted by Crippen LogP contribution is -2.22. The number of fused-ring (bicyclic) bond motifs is 1. The molecule has 1 aromatic heterocycles. The number of nitrogens with zero attached hydrogens (tertiary/aromatic N) is 1. The first-order valence-corrected chi connectivity index (χ1v) is 6.21. The lowest BCUT2D eigenvalue weighted by molar-refractivity contribution is 0.0951. The second-order valence-corrected chi connectivity index (χ2v) is 4.52. The number of carbonyl (C=O) groups is 1. The molecule has 0 aliphatic carbocycles. The van der Waals surface area contributed by atoms with Crippen molar-refractivity contribution in [2.45, 2.75) is 6.54 Å². The van der Waals surface area contributed by atoms with Crippen LogP contribution in [-0.4, -0.2) is 21.2 Å². The Hall–Kier alpha value is -2.82. The van der Waals surface area contributed by atoms with Gasteiger partial charge in [-0.25, -0.2) is 0 Å². The van der Waals surface area contributed by atoms with Crippen LogP contribution in [0.4, 0.5) is 0 Å². The average molecular weight is 267 g/mol. The molecule has 3 rings (SSSR count). The summed E-state index contributed by atoms with van der Waals surface area (Å²) in [5, 5.41) is 19.8. The number of hydrogen-bond donors (Lipinski definition) is 3. The number of aromatic amines is 1. The Morgan fingerprint density at radius 1 is 1.20 bits per heavy atom. The molecular weight excluding hydrogens is 254 g/mol. The van der Waals surface area contributed by atoms with Crippen molar-refractivity contribution >= 4 is 16.8 Å². The highest BCUT2D eigenvalue weighted by Crippen LogP contribution is 2.13. The third-order valence-corrected chi connectivity index (χ3v) is 3.09. The van der Waals surface area contributed by atoms with Crippen LogP contribution in [0.3, 0.4) is 0 Å². The van der Waals surface area contributed by atoms with Crippen molar-refractivity contribution in [1.29, 1.82) is 0 Å². The standard InChI is InChI=1S/C15H13N3O2/c19-13-5-1-10(2-6-13)8-16-15(20)11-3-4-12-9-17-18-14(12)7-11/h1-7,9,19H,8H2,(H,16,20)(H,17,18). The van der Waals surface area contributed by atoms with E-state index in [2.05, 4.69) is 15.5 Å². The van der Waals surface area contributed by atoms with Gasteiger partial charge in [0.15, 0.2) is 0 Å². The van der Waals surface area contributed by atoms with E-state index in [1.54, 1.807) is 42.6 Å². The van der Waals surface area contributed by atoms with Crippen LogP contribution >= 0.6 is 0 Å². The number of phenolic OH excluding ortho intramolecular Hbond substituents is 1. The second-order valence-electron chi connectivity index (χ2n) is 4.52. The van der Waals surface area contributed by atoms with Gasteiger partial charge in [0, 0.05) is 17.5 Å². The van der Waals surface area contributed by atoms with Gasteiger partial charge in [-0.15, -0.1) is 0 Å². The number of phenols is 1. The van der Waals surface area contributed by atoms with Crippen molar-refractivity contribution in [2.75, 3.05) is 0 Å². The van der Waals surface area contributed by atoms with Crippen molar-refractivity contribution in [3.63, 3.8) is 0 Å². The summed E-state index contributed by atoms with van der Waals surface area (Å²) in [5.74, 6) is 0.0688. The van der Waals surface area contributed by atoms with Crippen LogP contribution in [0, 0.1) is 0 Å². The van der Waals surface area contributed by atoms with E-state index in [0.29, 0.717) is 12.1 Å². The molecule has 1 amide bonds. The highest BCUT2D eigenvalue weighted by Gasteiger charge is 2.07. The number of amides is 1. The summed E-state index contributed by atoms with van der Waals surface area (Å²) >= 11 is 0. The first-order chi connectivity index (χ1) is 9.72. The molecule has 0 aliphatic rings. The van der Waals surface area contributed by atoms with Gasteiger partial charge in [-0.1, -0.05) is 18.2 Å². The second kappa shape index (κ2) is 5.05. The summed E-state index contributed by atoms with van der Waals surface area (Å²) in [7, 11) is 0. The van der Waals surface area contributed by atoms with Gasteiger partial charge in [0.1, 0.15) is 5.75 Å². The summed E-state index contributed by atoms with van der Waals surface area (Å²) in [6, 6.07) is 12.1. The molecule has 0 fully saturated rings. The minimum atomic E-state index is -0.144. The molecule has 20 heavy (non-hydrogen) atoms. The first kappa shape index (κ1) is 12.2. The van der Waals surface area contributed by atoms with E-state index in [9.17, 15) is 9.90 Å². The summed E-state index contributed by atoms with van der Waals surface area (Å²) in [4.78, 5) is 12.1. The molecule has 5 heteroatoms. The van der Waals surface area contributed by atoms with Gasteiger partial charge in [-0.2, -0.15) is 5.10 Å². The van der Waals surface area contributed by atoms with Gasteiger partial charge in [0.05, 0.1) is 11.7 Å². The van der Waals surface area contributed by atoms with E-state index in [-0.39, 0.29) is 11.7 Å². The largest absolute Gasteiger partial charge is 0.508 e. The molecule has 1 heterocycles. The summed E-state index contributed by atoms with van der Waals surface area (Å²) in [5.41, 5.74) is 2.35. The topological polar surface area (TPSA) is 78.0 Å². The average Bonchev–Trinajstić information content (AvgIpc) is 2.93. The van der Waals surface area contributed by atoms with Crippen molar-refractivity contribution in [2.24, 2.45) is 0 Å². The fourth-order valence-corrected chi connectivity index (χ4v) is 1.98. The molecule has 0 bridgehead atoms. The highest BCUT2D eigenvalue weighted by molar-refractivity contribution is 5.97. The van der Waals surface area contributed by atoms with Gasteiger partial charge in [-0.05, 0) is 29.8 Å². The van der Waals surface area contributed by atoms with Crippen LogP contribution in [-0.2, 0) is 6.54 Å². The molecule has 3 N–H and O–H groups in total. The van der Waals surface area contributed by atoms with E-state index in [1.807, 2.05) is 6.07 Å². The molecule has 0 unspecified atom stereocenters. The Kier molecular flexibility index (Phi) is 3.09. The number of benzene rings is 2. The predicted molar refractivity (Wildman–Crippen MR) is 75.4 cm³/mol. The number of rotatable bonds is 3. The zero-order chi connectivity index (χ0) is 13.9. The number of aromatic nitrogens is 2. The molecule has 0 radical (unpaired) electrons. The molecule has 5 nitrogen and oxygen atoms in total. The van der Waals surface area contributed by atoms with Crippen molar-refractivity contribution in [1.82, 2.24) is 15.5 Å². The molecule has 0 aliphatic heterocycles. The van der Waals surface area contributed by atoms with E-state index in [4.69, 9.17) is 0 Å². The molecule has 0 atom stereocenters. The van der Waals surface area contributed by atoms with Gasteiger partial charge >= 0.3 is 0 Å². The molecule has 100 valence electrons. The highest BCUT2D eigenvalue weighted by atomic mass is 16.3. The minimum Gasteiger partial charge on any atom is -0.508 e. The van der Waals surface area contributed by atoms with E-state index < -0.39 is 0 Å². The SMILES string of the molecule is O=C(NCc1ccc(O)cc1)c1ccc2cn[nH]c2c1. The minimum absolute atomic E-state index is 0.144. The third kappa shape index (κ3) is 2.47. The molecule has 0 spiro atoms. The number of aromatic hydroxyl groups is 1. The Morgan fingerprint density at radius 2 is 2.00 bits per heavy atom. The summed E-state index contributed by atoms with van der Waals surface area (Å²) in [6.45, 7) is 0.417. The molecule has 0 saturated carbocycles. The Morgan fingerprint density at radius 3 is 2.80 bits per heavy atom. The monoisotopic (exact) mass is 267 g/mol. The summed E-state index contributed by atoms with van der Waals surface area (Å²) in [6.07, 6.45) is 1.72. The predicted octanol–water partition coefficient (Wildman–Crippen LogP) is 2.20. The Labute approximate surface area is 115 Å². The van der Waals surface area contributed by atoms with Crippen LogP contribution < -0.4 is 5.32 Å². The number of H-pyrrole nitrogens is 1. The molecule has 0 saturated heterocycles. The maximum atomic E-state index is 12.1. The summed E-state index contributed by atoms with van der Waals surface area (Å²) < 4.78 is 0. The van der Waals surface area contributed by atoms with Crippen LogP contribution in [0.2, 0.25) is 0 Å². The van der Waals surface area contributed by atoms with Crippen molar-refractivity contribution in [3.8, 4) is 5.75 Å². The lowest BCUT2D eigenvalue weighted by atomic mass is 10.1. The van der Waals surface area contributed by atoms with E-state index in [0.717, 1.165) is 16.5 Å². The quantitative estimate of drug-likeness (QED) is 0.680. The lowest BCUT2D eigenvalue weighted by Gasteiger charge is -2.05. The van der Waals surface area contributed by atoms with E-state index in [1.165, 1.54) is 0 Å². The van der Waals surface area contributed by atoms with Crippen LogP contribution in [0.1, 0.15) is 15.9 Å². The smallest absolute Gasteiger partial charge is 0.251 e. The zero-order valence-corrected chi connectivity index (χ0v) is 10.6.